The first-order valence-corrected chi connectivity index (χ1v) is 16.0. The van der Waals surface area contributed by atoms with Crippen molar-refractivity contribution < 1.29 is 28.1 Å². The predicted molar refractivity (Wildman–Crippen MR) is 176 cm³/mol. The van der Waals surface area contributed by atoms with Gasteiger partial charge in [0, 0.05) is 16.1 Å². The quantitative estimate of drug-likeness (QED) is 0.175. The van der Waals surface area contributed by atoms with Gasteiger partial charge in [-0.2, -0.15) is 0 Å². The average Bonchev–Trinajstić information content (AvgIpc) is 3.30. The van der Waals surface area contributed by atoms with Crippen molar-refractivity contribution in [2.24, 2.45) is 4.99 Å². The molecule has 0 saturated carbocycles. The van der Waals surface area contributed by atoms with Crippen LogP contribution < -0.4 is 29.1 Å². The number of ether oxygens (including phenoxy) is 4. The standard InChI is InChI=1S/C34H31Cl2FN2O6S/c1-6-43-33(41)29-19(4)38-34-39(30(29)20-11-12-26(45-18(2)3)27(14-20)42-5)32(40)28(46-34)15-22-13-23(35)16-24(36)31(22)44-17-21-9-7-8-10-25(21)37/h7-16,18,30H,6,17H2,1-5H3/b28-15+/t30-/m0/s1. The van der Waals surface area contributed by atoms with Crippen molar-refractivity contribution in [2.75, 3.05) is 13.7 Å². The molecule has 2 heterocycles. The third kappa shape index (κ3) is 6.84. The Kier molecular flexibility index (Phi) is 10.2. The number of halogens is 3. The number of hydrogen-bond donors (Lipinski definition) is 0. The number of esters is 1. The van der Waals surface area contributed by atoms with Crippen molar-refractivity contribution in [1.82, 2.24) is 4.57 Å². The second kappa shape index (κ2) is 14.1. The summed E-state index contributed by atoms with van der Waals surface area (Å²) in [6.07, 6.45) is 1.49. The lowest BCUT2D eigenvalue weighted by Gasteiger charge is -2.25. The average molecular weight is 686 g/mol. The van der Waals surface area contributed by atoms with Gasteiger partial charge in [-0.15, -0.1) is 0 Å². The molecule has 5 rings (SSSR count). The van der Waals surface area contributed by atoms with Gasteiger partial charge in [-0.05, 0) is 69.7 Å². The number of carbonyl (C=O) groups is 1. The molecule has 0 aliphatic carbocycles. The van der Waals surface area contributed by atoms with E-state index >= 15 is 0 Å². The third-order valence-corrected chi connectivity index (χ3v) is 8.52. The van der Waals surface area contributed by atoms with Gasteiger partial charge in [-0.1, -0.05) is 58.8 Å². The molecule has 0 N–H and O–H groups in total. The highest BCUT2D eigenvalue weighted by Gasteiger charge is 2.34. The van der Waals surface area contributed by atoms with Crippen molar-refractivity contribution in [1.29, 1.82) is 0 Å². The molecule has 1 atom stereocenters. The molecule has 0 radical (unpaired) electrons. The number of hydrogen-bond acceptors (Lipinski definition) is 8. The molecule has 0 fully saturated rings. The maximum atomic E-state index is 14.3. The molecule has 1 aromatic heterocycles. The Morgan fingerprint density at radius 1 is 1.13 bits per heavy atom. The van der Waals surface area contributed by atoms with Gasteiger partial charge in [0.1, 0.15) is 18.2 Å². The molecule has 0 saturated heterocycles. The lowest BCUT2D eigenvalue weighted by Crippen LogP contribution is -2.40. The third-order valence-electron chi connectivity index (χ3n) is 7.04. The maximum Gasteiger partial charge on any atom is 0.338 e. The van der Waals surface area contributed by atoms with Crippen LogP contribution in [0.1, 0.15) is 50.4 Å². The van der Waals surface area contributed by atoms with Gasteiger partial charge < -0.3 is 18.9 Å². The topological polar surface area (TPSA) is 88.4 Å². The van der Waals surface area contributed by atoms with Crippen LogP contribution in [0.2, 0.25) is 10.0 Å². The maximum absolute atomic E-state index is 14.3. The van der Waals surface area contributed by atoms with E-state index in [4.69, 9.17) is 42.1 Å². The zero-order valence-corrected chi connectivity index (χ0v) is 28.1. The first kappa shape index (κ1) is 33.2. The van der Waals surface area contributed by atoms with Crippen LogP contribution in [-0.4, -0.2) is 30.4 Å². The molecule has 1 aliphatic heterocycles. The van der Waals surface area contributed by atoms with E-state index in [2.05, 4.69) is 4.99 Å². The monoisotopic (exact) mass is 684 g/mol. The minimum atomic E-state index is -0.876. The fraction of sp³-hybridized carbons (Fsp3) is 0.265. The van der Waals surface area contributed by atoms with Gasteiger partial charge in [-0.3, -0.25) is 9.36 Å². The summed E-state index contributed by atoms with van der Waals surface area (Å²) < 4.78 is 38.9. The van der Waals surface area contributed by atoms with Gasteiger partial charge in [-0.25, -0.2) is 14.2 Å². The molecule has 0 amide bonds. The summed E-state index contributed by atoms with van der Waals surface area (Å²) in [6, 6.07) is 13.7. The van der Waals surface area contributed by atoms with E-state index in [1.807, 2.05) is 13.8 Å². The molecule has 46 heavy (non-hydrogen) atoms. The van der Waals surface area contributed by atoms with Gasteiger partial charge in [0.2, 0.25) is 0 Å². The predicted octanol–water partition coefficient (Wildman–Crippen LogP) is 6.62. The van der Waals surface area contributed by atoms with Gasteiger partial charge in [0.15, 0.2) is 16.3 Å². The van der Waals surface area contributed by atoms with Crippen LogP contribution in [0, 0.1) is 5.82 Å². The van der Waals surface area contributed by atoms with Crippen LogP contribution in [0.4, 0.5) is 4.39 Å². The molecular weight excluding hydrogens is 654 g/mol. The summed E-state index contributed by atoms with van der Waals surface area (Å²) in [5, 5.41) is 0.508. The number of fused-ring (bicyclic) bond motifs is 1. The molecular formula is C34H31Cl2FN2O6S. The molecule has 0 bridgehead atoms. The first-order chi connectivity index (χ1) is 22.0. The number of nitrogens with zero attached hydrogens (tertiary/aromatic N) is 2. The van der Waals surface area contributed by atoms with Crippen molar-refractivity contribution >= 4 is 46.6 Å². The second-order valence-corrected chi connectivity index (χ2v) is 12.4. The van der Waals surface area contributed by atoms with E-state index in [0.717, 1.165) is 11.3 Å². The summed E-state index contributed by atoms with van der Waals surface area (Å²) in [5.74, 6) is 0.181. The molecule has 0 spiro atoms. The van der Waals surface area contributed by atoms with Crippen molar-refractivity contribution in [2.45, 2.75) is 46.4 Å². The lowest BCUT2D eigenvalue weighted by molar-refractivity contribution is -0.139. The van der Waals surface area contributed by atoms with Crippen LogP contribution in [-0.2, 0) is 16.1 Å². The zero-order valence-electron chi connectivity index (χ0n) is 25.7. The Bertz CT molecular complexity index is 2020. The summed E-state index contributed by atoms with van der Waals surface area (Å²) in [7, 11) is 1.52. The van der Waals surface area contributed by atoms with Crippen molar-refractivity contribution in [3.05, 3.63) is 118 Å². The molecule has 8 nitrogen and oxygen atoms in total. The number of rotatable bonds is 10. The highest BCUT2D eigenvalue weighted by Crippen LogP contribution is 2.37. The van der Waals surface area contributed by atoms with Gasteiger partial charge >= 0.3 is 5.97 Å². The van der Waals surface area contributed by atoms with Gasteiger partial charge in [0.25, 0.3) is 5.56 Å². The Hall–Kier alpha value is -4.12. The Morgan fingerprint density at radius 3 is 2.59 bits per heavy atom. The largest absolute Gasteiger partial charge is 0.493 e. The Morgan fingerprint density at radius 2 is 1.89 bits per heavy atom. The highest BCUT2D eigenvalue weighted by atomic mass is 35.5. The summed E-state index contributed by atoms with van der Waals surface area (Å²) in [6.45, 7) is 7.26. The fourth-order valence-electron chi connectivity index (χ4n) is 5.06. The van der Waals surface area contributed by atoms with Crippen molar-refractivity contribution in [3.8, 4) is 17.2 Å². The van der Waals surface area contributed by atoms with E-state index in [-0.39, 0.29) is 40.2 Å². The van der Waals surface area contributed by atoms with E-state index in [0.29, 0.717) is 43.7 Å². The van der Waals surface area contributed by atoms with Crippen LogP contribution in [0.5, 0.6) is 17.2 Å². The minimum absolute atomic E-state index is 0.101. The zero-order chi connectivity index (χ0) is 33.1. The van der Waals surface area contributed by atoms with E-state index in [1.165, 1.54) is 23.8 Å². The lowest BCUT2D eigenvalue weighted by atomic mass is 9.95. The van der Waals surface area contributed by atoms with Crippen molar-refractivity contribution in [3.63, 3.8) is 0 Å². The normalized spacial score (nSPS) is 14.6. The van der Waals surface area contributed by atoms with E-state index in [9.17, 15) is 14.0 Å². The SMILES string of the molecule is CCOC(=O)C1=C(C)N=c2s/c(=C/c3cc(Cl)cc(Cl)c3OCc3ccccc3F)c(=O)n2[C@H]1c1ccc(OC(C)C)c(OC)c1. The molecule has 240 valence electrons. The summed E-state index contributed by atoms with van der Waals surface area (Å²) in [5.41, 5.74) is 1.56. The second-order valence-electron chi connectivity index (χ2n) is 10.6. The Balaban J connectivity index is 1.67. The number of methoxy groups -OCH3 is 1. The van der Waals surface area contributed by atoms with E-state index < -0.39 is 23.4 Å². The number of thiazole rings is 1. The number of allylic oxidation sites excluding steroid dienone is 1. The molecule has 4 aromatic rings. The highest BCUT2D eigenvalue weighted by molar-refractivity contribution is 7.07. The number of carbonyl (C=O) groups excluding carboxylic acids is 1. The van der Waals surface area contributed by atoms with Crippen LogP contribution in [0.3, 0.4) is 0 Å². The van der Waals surface area contributed by atoms with Crippen LogP contribution in [0.25, 0.3) is 6.08 Å². The van der Waals surface area contributed by atoms with E-state index in [1.54, 1.807) is 62.4 Å². The Labute approximate surface area is 278 Å². The molecule has 0 unspecified atom stereocenters. The minimum Gasteiger partial charge on any atom is -0.493 e. The fourth-order valence-corrected chi connectivity index (χ4v) is 6.66. The molecule has 3 aromatic carbocycles. The number of benzene rings is 3. The first-order valence-electron chi connectivity index (χ1n) is 14.4. The smallest absolute Gasteiger partial charge is 0.338 e. The van der Waals surface area contributed by atoms with Crippen LogP contribution >= 0.6 is 34.5 Å². The van der Waals surface area contributed by atoms with Crippen LogP contribution in [0.15, 0.2) is 75.7 Å². The molecule has 12 heteroatoms. The number of aromatic nitrogens is 1. The van der Waals surface area contributed by atoms with Gasteiger partial charge in [0.05, 0.1) is 46.7 Å². The summed E-state index contributed by atoms with van der Waals surface area (Å²) in [4.78, 5) is 32.5. The summed E-state index contributed by atoms with van der Waals surface area (Å²) >= 11 is 14.0. The molecule has 1 aliphatic rings.